The number of thiazole rings is 1. The van der Waals surface area contributed by atoms with Crippen LogP contribution in [0.5, 0.6) is 0 Å². The molecule has 0 radical (unpaired) electrons. The predicted octanol–water partition coefficient (Wildman–Crippen LogP) is 2.49. The summed E-state index contributed by atoms with van der Waals surface area (Å²) in [6, 6.07) is 0. The standard InChI is InChI=1S/C10H12BrN5S/c1-6(10-13-2-3-17-10)4-14-9-7(11)8(12)15-5-16-9/h2-3,5-6H,4H2,1H3,(H3,12,14,15,16). The Labute approximate surface area is 112 Å². The topological polar surface area (TPSA) is 76.7 Å². The highest BCUT2D eigenvalue weighted by molar-refractivity contribution is 9.10. The van der Waals surface area contributed by atoms with Gasteiger partial charge in [0.15, 0.2) is 0 Å². The van der Waals surface area contributed by atoms with Gasteiger partial charge in [-0.2, -0.15) is 0 Å². The van der Waals surface area contributed by atoms with Crippen LogP contribution in [0.25, 0.3) is 0 Å². The maximum atomic E-state index is 5.67. The average molecular weight is 314 g/mol. The quantitative estimate of drug-likeness (QED) is 0.907. The van der Waals surface area contributed by atoms with Crippen molar-refractivity contribution in [1.82, 2.24) is 15.0 Å². The first-order valence-electron chi connectivity index (χ1n) is 5.07. The number of nitrogen functional groups attached to an aromatic ring is 1. The molecule has 0 saturated carbocycles. The van der Waals surface area contributed by atoms with Crippen molar-refractivity contribution in [3.8, 4) is 0 Å². The number of rotatable bonds is 4. The number of nitrogens with zero attached hydrogens (tertiary/aromatic N) is 3. The van der Waals surface area contributed by atoms with E-state index in [9.17, 15) is 0 Å². The molecule has 7 heteroatoms. The van der Waals surface area contributed by atoms with E-state index in [1.807, 2.05) is 11.6 Å². The molecule has 0 amide bonds. The van der Waals surface area contributed by atoms with Gasteiger partial charge in [0, 0.05) is 24.0 Å². The van der Waals surface area contributed by atoms with E-state index in [0.29, 0.717) is 22.0 Å². The van der Waals surface area contributed by atoms with Gasteiger partial charge in [0.2, 0.25) is 0 Å². The Balaban J connectivity index is 2.00. The van der Waals surface area contributed by atoms with E-state index in [2.05, 4.69) is 43.1 Å². The molecule has 0 aliphatic carbocycles. The van der Waals surface area contributed by atoms with E-state index in [1.54, 1.807) is 11.3 Å². The van der Waals surface area contributed by atoms with Gasteiger partial charge in [0.05, 0.1) is 5.01 Å². The van der Waals surface area contributed by atoms with Crippen molar-refractivity contribution in [2.24, 2.45) is 0 Å². The molecule has 0 saturated heterocycles. The molecule has 5 nitrogen and oxygen atoms in total. The molecule has 1 atom stereocenters. The lowest BCUT2D eigenvalue weighted by Gasteiger charge is -2.11. The van der Waals surface area contributed by atoms with Gasteiger partial charge in [-0.1, -0.05) is 6.92 Å². The van der Waals surface area contributed by atoms with E-state index in [1.165, 1.54) is 6.33 Å². The van der Waals surface area contributed by atoms with Crippen LogP contribution in [0.4, 0.5) is 11.6 Å². The SMILES string of the molecule is CC(CNc1ncnc(N)c1Br)c1nccs1. The Morgan fingerprint density at radius 2 is 2.29 bits per heavy atom. The van der Waals surface area contributed by atoms with Crippen LogP contribution >= 0.6 is 27.3 Å². The summed E-state index contributed by atoms with van der Waals surface area (Å²) in [7, 11) is 0. The third-order valence-corrected chi connectivity index (χ3v) is 4.05. The summed E-state index contributed by atoms with van der Waals surface area (Å²) in [4.78, 5) is 12.3. The molecule has 0 aromatic carbocycles. The molecule has 0 aliphatic rings. The van der Waals surface area contributed by atoms with E-state index in [4.69, 9.17) is 5.73 Å². The maximum Gasteiger partial charge on any atom is 0.145 e. The molecular formula is C10H12BrN5S. The first kappa shape index (κ1) is 12.3. The Bertz CT molecular complexity index is 487. The molecule has 0 spiro atoms. The minimum absolute atomic E-state index is 0.332. The van der Waals surface area contributed by atoms with Gasteiger partial charge in [-0.15, -0.1) is 11.3 Å². The normalized spacial score (nSPS) is 12.4. The number of nitrogens with two attached hydrogens (primary N) is 1. The highest BCUT2D eigenvalue weighted by Crippen LogP contribution is 2.25. The Morgan fingerprint density at radius 1 is 1.47 bits per heavy atom. The third-order valence-electron chi connectivity index (χ3n) is 2.27. The lowest BCUT2D eigenvalue weighted by molar-refractivity contribution is 0.791. The van der Waals surface area contributed by atoms with Crippen molar-refractivity contribution < 1.29 is 0 Å². The van der Waals surface area contributed by atoms with Crippen LogP contribution in [0.2, 0.25) is 0 Å². The Kier molecular flexibility index (Phi) is 3.90. The molecule has 2 aromatic rings. The minimum Gasteiger partial charge on any atom is -0.383 e. The van der Waals surface area contributed by atoms with Gasteiger partial charge in [-0.05, 0) is 15.9 Å². The minimum atomic E-state index is 0.332. The van der Waals surface area contributed by atoms with Crippen LogP contribution in [0.1, 0.15) is 17.8 Å². The van der Waals surface area contributed by atoms with E-state index >= 15 is 0 Å². The summed E-state index contributed by atoms with van der Waals surface area (Å²) in [5, 5.41) is 6.31. The molecule has 90 valence electrons. The van der Waals surface area contributed by atoms with Crippen molar-refractivity contribution >= 4 is 38.9 Å². The molecule has 1 unspecified atom stereocenters. The predicted molar refractivity (Wildman–Crippen MR) is 73.2 cm³/mol. The zero-order valence-corrected chi connectivity index (χ0v) is 11.6. The fraction of sp³-hybridized carbons (Fsp3) is 0.300. The van der Waals surface area contributed by atoms with Crippen molar-refractivity contribution in [3.63, 3.8) is 0 Å². The monoisotopic (exact) mass is 313 g/mol. The summed E-state index contributed by atoms with van der Waals surface area (Å²) >= 11 is 5.01. The zero-order valence-electron chi connectivity index (χ0n) is 9.22. The van der Waals surface area contributed by atoms with Gasteiger partial charge in [-0.25, -0.2) is 15.0 Å². The molecule has 0 fully saturated rings. The van der Waals surface area contributed by atoms with Gasteiger partial charge in [0.1, 0.15) is 22.4 Å². The third kappa shape index (κ3) is 2.92. The van der Waals surface area contributed by atoms with Crippen molar-refractivity contribution in [2.75, 3.05) is 17.6 Å². The summed E-state index contributed by atoms with van der Waals surface area (Å²) in [5.41, 5.74) is 5.67. The van der Waals surface area contributed by atoms with Crippen LogP contribution < -0.4 is 11.1 Å². The van der Waals surface area contributed by atoms with Crippen LogP contribution in [0, 0.1) is 0 Å². The first-order valence-corrected chi connectivity index (χ1v) is 6.75. The summed E-state index contributed by atoms with van der Waals surface area (Å²) < 4.78 is 0.700. The highest BCUT2D eigenvalue weighted by Gasteiger charge is 2.10. The first-order chi connectivity index (χ1) is 8.18. The van der Waals surface area contributed by atoms with Gasteiger partial charge < -0.3 is 11.1 Å². The number of hydrogen-bond donors (Lipinski definition) is 2. The second-order valence-corrected chi connectivity index (χ2v) is 5.29. The lowest BCUT2D eigenvalue weighted by Crippen LogP contribution is -2.11. The summed E-state index contributed by atoms with van der Waals surface area (Å²) in [5.74, 6) is 1.48. The van der Waals surface area contributed by atoms with E-state index < -0.39 is 0 Å². The number of halogens is 1. The Morgan fingerprint density at radius 3 is 3.00 bits per heavy atom. The summed E-state index contributed by atoms with van der Waals surface area (Å²) in [6.45, 7) is 2.87. The largest absolute Gasteiger partial charge is 0.383 e. The van der Waals surface area contributed by atoms with Crippen molar-refractivity contribution in [1.29, 1.82) is 0 Å². The van der Waals surface area contributed by atoms with Crippen molar-refractivity contribution in [2.45, 2.75) is 12.8 Å². The van der Waals surface area contributed by atoms with Gasteiger partial charge in [0.25, 0.3) is 0 Å². The second kappa shape index (κ2) is 5.42. The smallest absolute Gasteiger partial charge is 0.145 e. The van der Waals surface area contributed by atoms with Crippen LogP contribution in [-0.2, 0) is 0 Å². The van der Waals surface area contributed by atoms with Crippen LogP contribution in [-0.4, -0.2) is 21.5 Å². The molecule has 3 N–H and O–H groups in total. The second-order valence-electron chi connectivity index (χ2n) is 3.57. The van der Waals surface area contributed by atoms with Crippen LogP contribution in [0.15, 0.2) is 22.4 Å². The molecule has 0 aliphatic heterocycles. The van der Waals surface area contributed by atoms with Gasteiger partial charge >= 0.3 is 0 Å². The van der Waals surface area contributed by atoms with Crippen LogP contribution in [0.3, 0.4) is 0 Å². The number of hydrogen-bond acceptors (Lipinski definition) is 6. The Hall–Kier alpha value is -1.21. The zero-order chi connectivity index (χ0) is 12.3. The van der Waals surface area contributed by atoms with E-state index in [-0.39, 0.29) is 0 Å². The maximum absolute atomic E-state index is 5.67. The molecule has 2 heterocycles. The van der Waals surface area contributed by atoms with Crippen molar-refractivity contribution in [3.05, 3.63) is 27.4 Å². The average Bonchev–Trinajstić information content (AvgIpc) is 2.84. The molecule has 2 aromatic heterocycles. The molecular weight excluding hydrogens is 302 g/mol. The van der Waals surface area contributed by atoms with E-state index in [0.717, 1.165) is 11.6 Å². The number of aromatic nitrogens is 3. The van der Waals surface area contributed by atoms with Gasteiger partial charge in [-0.3, -0.25) is 0 Å². The molecule has 0 bridgehead atoms. The fourth-order valence-electron chi connectivity index (χ4n) is 1.32. The number of nitrogens with one attached hydrogen (secondary N) is 1. The highest BCUT2D eigenvalue weighted by atomic mass is 79.9. The molecule has 17 heavy (non-hydrogen) atoms. The fourth-order valence-corrected chi connectivity index (χ4v) is 2.37. The lowest BCUT2D eigenvalue weighted by atomic mass is 10.2. The number of anilines is 2. The molecule has 2 rings (SSSR count). The summed E-state index contributed by atoms with van der Waals surface area (Å²) in [6.07, 6.45) is 3.26.